The van der Waals surface area contributed by atoms with Crippen LogP contribution in [0.4, 0.5) is 5.00 Å². The van der Waals surface area contributed by atoms with Gasteiger partial charge < -0.3 is 24.6 Å². The number of methoxy groups -OCH3 is 3. The number of carbonyl (C=O) groups is 2. The van der Waals surface area contributed by atoms with Gasteiger partial charge in [-0.2, -0.15) is 0 Å². The summed E-state index contributed by atoms with van der Waals surface area (Å²) >= 11 is 1.19. The van der Waals surface area contributed by atoms with Crippen LogP contribution in [0.15, 0.2) is 18.2 Å². The molecule has 7 nitrogen and oxygen atoms in total. The second-order valence-electron chi connectivity index (χ2n) is 4.77. The monoisotopic (exact) mass is 351 g/mol. The van der Waals surface area contributed by atoms with Crippen molar-refractivity contribution in [3.63, 3.8) is 0 Å². The second kappa shape index (κ2) is 7.22. The lowest BCUT2D eigenvalue weighted by atomic mass is 10.1. The molecule has 1 aromatic carbocycles. The highest BCUT2D eigenvalue weighted by molar-refractivity contribution is 7.16. The predicted molar refractivity (Wildman–Crippen MR) is 90.1 cm³/mol. The molecule has 0 unspecified atom stereocenters. The zero-order valence-electron chi connectivity index (χ0n) is 13.6. The van der Waals surface area contributed by atoms with Gasteiger partial charge in [-0.15, -0.1) is 11.3 Å². The summed E-state index contributed by atoms with van der Waals surface area (Å²) in [6.45, 7) is 1.77. The molecule has 24 heavy (non-hydrogen) atoms. The summed E-state index contributed by atoms with van der Waals surface area (Å²) in [6.07, 6.45) is 0. The molecule has 1 aromatic heterocycles. The van der Waals surface area contributed by atoms with Gasteiger partial charge in [0.1, 0.15) is 5.00 Å². The largest absolute Gasteiger partial charge is 0.493 e. The van der Waals surface area contributed by atoms with Crippen molar-refractivity contribution in [3.05, 3.63) is 34.2 Å². The van der Waals surface area contributed by atoms with Gasteiger partial charge in [0.05, 0.1) is 26.9 Å². The van der Waals surface area contributed by atoms with Gasteiger partial charge in [-0.05, 0) is 25.1 Å². The first-order chi connectivity index (χ1) is 11.4. The first kappa shape index (κ1) is 17.6. The highest BCUT2D eigenvalue weighted by atomic mass is 32.1. The maximum atomic E-state index is 12.5. The maximum Gasteiger partial charge on any atom is 0.338 e. The fraction of sp³-hybridized carbons (Fsp3) is 0.250. The van der Waals surface area contributed by atoms with Crippen LogP contribution in [-0.4, -0.2) is 38.3 Å². The fourth-order valence-electron chi connectivity index (χ4n) is 2.15. The molecule has 2 N–H and O–H groups in total. The van der Waals surface area contributed by atoms with E-state index in [1.807, 2.05) is 0 Å². The molecule has 1 amide bonds. The van der Waals surface area contributed by atoms with Crippen LogP contribution >= 0.6 is 11.3 Å². The number of amides is 1. The number of ether oxygens (including phenoxy) is 3. The number of hydrogen-bond donors (Lipinski definition) is 2. The molecule has 0 fully saturated rings. The number of thiophene rings is 1. The van der Waals surface area contributed by atoms with Gasteiger partial charge >= 0.3 is 5.97 Å². The van der Waals surface area contributed by atoms with E-state index >= 15 is 0 Å². The van der Waals surface area contributed by atoms with Crippen LogP contribution in [0.5, 0.6) is 17.2 Å². The van der Waals surface area contributed by atoms with E-state index in [-0.39, 0.29) is 16.1 Å². The SMILES string of the molecule is COc1cc(C(=O)Nc2sc(C)cc2C(=O)O)cc(OC)c1OC. The zero-order valence-corrected chi connectivity index (χ0v) is 14.4. The molecule has 0 atom stereocenters. The molecule has 0 aliphatic carbocycles. The first-order valence-electron chi connectivity index (χ1n) is 6.86. The lowest BCUT2D eigenvalue weighted by Crippen LogP contribution is -2.13. The number of aromatic carboxylic acids is 1. The van der Waals surface area contributed by atoms with Crippen LogP contribution in [0.2, 0.25) is 0 Å². The number of carboxylic acid groups (broad SMARTS) is 1. The van der Waals surface area contributed by atoms with Crippen molar-refractivity contribution in [2.45, 2.75) is 6.92 Å². The lowest BCUT2D eigenvalue weighted by molar-refractivity contribution is 0.0698. The molecule has 1 heterocycles. The van der Waals surface area contributed by atoms with Crippen LogP contribution in [0.25, 0.3) is 0 Å². The average Bonchev–Trinajstić information content (AvgIpc) is 2.93. The smallest absolute Gasteiger partial charge is 0.338 e. The minimum absolute atomic E-state index is 0.0540. The highest BCUT2D eigenvalue weighted by Crippen LogP contribution is 2.38. The van der Waals surface area contributed by atoms with Crippen LogP contribution in [0.1, 0.15) is 25.6 Å². The highest BCUT2D eigenvalue weighted by Gasteiger charge is 2.20. The second-order valence-corrected chi connectivity index (χ2v) is 6.03. The molecular formula is C16H17NO6S. The molecule has 0 radical (unpaired) electrons. The Kier molecular flexibility index (Phi) is 5.30. The van der Waals surface area contributed by atoms with Gasteiger partial charge in [0.15, 0.2) is 11.5 Å². The summed E-state index contributed by atoms with van der Waals surface area (Å²) in [4.78, 5) is 24.5. The Morgan fingerprint density at radius 2 is 1.62 bits per heavy atom. The van der Waals surface area contributed by atoms with Gasteiger partial charge in [0, 0.05) is 10.4 Å². The molecule has 8 heteroatoms. The Hall–Kier alpha value is -2.74. The standard InChI is InChI=1S/C16H17NO6S/c1-8-5-10(16(19)20)15(24-8)17-14(18)9-6-11(21-2)13(23-4)12(7-9)22-3/h5-7H,1-4H3,(H,17,18)(H,19,20). The number of carbonyl (C=O) groups excluding carboxylic acids is 1. The van der Waals surface area contributed by atoms with Crippen LogP contribution < -0.4 is 19.5 Å². The van der Waals surface area contributed by atoms with Crippen molar-refractivity contribution in [2.75, 3.05) is 26.6 Å². The molecule has 0 saturated carbocycles. The Balaban J connectivity index is 2.38. The molecular weight excluding hydrogens is 334 g/mol. The van der Waals surface area contributed by atoms with Crippen molar-refractivity contribution in [3.8, 4) is 17.2 Å². The van der Waals surface area contributed by atoms with Gasteiger partial charge in [0.25, 0.3) is 5.91 Å². The molecule has 128 valence electrons. The molecule has 2 aromatic rings. The Morgan fingerprint density at radius 1 is 1.04 bits per heavy atom. The van der Waals surface area contributed by atoms with Crippen LogP contribution in [-0.2, 0) is 0 Å². The Bertz CT molecular complexity index is 758. The third kappa shape index (κ3) is 3.43. The summed E-state index contributed by atoms with van der Waals surface area (Å²) in [6, 6.07) is 4.51. The number of nitrogens with one attached hydrogen (secondary N) is 1. The van der Waals surface area contributed by atoms with Gasteiger partial charge in [-0.25, -0.2) is 4.79 Å². The van der Waals surface area contributed by atoms with E-state index in [0.717, 1.165) is 4.88 Å². The predicted octanol–water partition coefficient (Wildman–Crippen LogP) is 3.03. The van der Waals surface area contributed by atoms with Gasteiger partial charge in [-0.1, -0.05) is 0 Å². The summed E-state index contributed by atoms with van der Waals surface area (Å²) in [7, 11) is 4.36. The fourth-order valence-corrected chi connectivity index (χ4v) is 3.05. The molecule has 0 aliphatic heterocycles. The topological polar surface area (TPSA) is 94.1 Å². The summed E-state index contributed by atoms with van der Waals surface area (Å²) in [5.41, 5.74) is 0.310. The van der Waals surface area contributed by atoms with E-state index < -0.39 is 11.9 Å². The van der Waals surface area contributed by atoms with E-state index in [9.17, 15) is 14.7 Å². The summed E-state index contributed by atoms with van der Waals surface area (Å²) in [5.74, 6) is -0.529. The van der Waals surface area contributed by atoms with E-state index in [1.165, 1.54) is 50.9 Å². The number of benzene rings is 1. The normalized spacial score (nSPS) is 10.2. The third-order valence-electron chi connectivity index (χ3n) is 3.24. The molecule has 2 rings (SSSR count). The minimum atomic E-state index is -1.10. The number of hydrogen-bond acceptors (Lipinski definition) is 6. The molecule has 0 spiro atoms. The summed E-state index contributed by atoms with van der Waals surface area (Å²) < 4.78 is 15.6. The lowest BCUT2D eigenvalue weighted by Gasteiger charge is -2.14. The first-order valence-corrected chi connectivity index (χ1v) is 7.68. The number of carboxylic acids is 1. The van der Waals surface area contributed by atoms with Gasteiger partial charge in [0.2, 0.25) is 5.75 Å². The van der Waals surface area contributed by atoms with Crippen LogP contribution in [0.3, 0.4) is 0 Å². The number of rotatable bonds is 6. The van der Waals surface area contributed by atoms with Crippen molar-refractivity contribution >= 4 is 28.2 Å². The van der Waals surface area contributed by atoms with E-state index in [0.29, 0.717) is 17.2 Å². The number of aryl methyl sites for hydroxylation is 1. The van der Waals surface area contributed by atoms with Crippen LogP contribution in [0, 0.1) is 6.92 Å². The quantitative estimate of drug-likeness (QED) is 0.831. The number of anilines is 1. The molecule has 0 aliphatic rings. The minimum Gasteiger partial charge on any atom is -0.493 e. The van der Waals surface area contributed by atoms with Crippen molar-refractivity contribution in [1.82, 2.24) is 0 Å². The van der Waals surface area contributed by atoms with E-state index in [1.54, 1.807) is 6.92 Å². The van der Waals surface area contributed by atoms with E-state index in [4.69, 9.17) is 14.2 Å². The molecule has 0 saturated heterocycles. The van der Waals surface area contributed by atoms with Crippen molar-refractivity contribution < 1.29 is 28.9 Å². The average molecular weight is 351 g/mol. The third-order valence-corrected chi connectivity index (χ3v) is 4.21. The Labute approximate surface area is 142 Å². The van der Waals surface area contributed by atoms with E-state index in [2.05, 4.69) is 5.32 Å². The zero-order chi connectivity index (χ0) is 17.9. The Morgan fingerprint density at radius 3 is 2.08 bits per heavy atom. The van der Waals surface area contributed by atoms with Gasteiger partial charge in [-0.3, -0.25) is 4.79 Å². The summed E-state index contributed by atoms with van der Waals surface area (Å²) in [5, 5.41) is 12.1. The van der Waals surface area contributed by atoms with Crippen molar-refractivity contribution in [2.24, 2.45) is 0 Å². The molecule has 0 bridgehead atoms. The van der Waals surface area contributed by atoms with Crippen molar-refractivity contribution in [1.29, 1.82) is 0 Å². The maximum absolute atomic E-state index is 12.5.